The van der Waals surface area contributed by atoms with Crippen LogP contribution in [0.15, 0.2) is 36.4 Å². The molecule has 0 aliphatic carbocycles. The predicted molar refractivity (Wildman–Crippen MR) is 88.9 cm³/mol. The van der Waals surface area contributed by atoms with Crippen LogP contribution in [0.1, 0.15) is 29.0 Å². The van der Waals surface area contributed by atoms with Crippen molar-refractivity contribution in [3.05, 3.63) is 46.2 Å². The minimum atomic E-state index is 0.918. The molecule has 3 rings (SSSR count). The maximum Gasteiger partial charge on any atom is 0.0494 e. The molecule has 1 fully saturated rings. The van der Waals surface area contributed by atoms with E-state index in [0.717, 1.165) is 6.54 Å². The van der Waals surface area contributed by atoms with E-state index in [1.165, 1.54) is 53.5 Å². The second kappa shape index (κ2) is 6.31. The lowest BCUT2D eigenvalue weighted by Crippen LogP contribution is -2.29. The van der Waals surface area contributed by atoms with Gasteiger partial charge in [-0.25, -0.2) is 0 Å². The van der Waals surface area contributed by atoms with Crippen LogP contribution >= 0.6 is 11.3 Å². The summed E-state index contributed by atoms with van der Waals surface area (Å²) >= 11 is 1.86. The summed E-state index contributed by atoms with van der Waals surface area (Å²) in [6, 6.07) is 13.3. The minimum absolute atomic E-state index is 0.918. The molecule has 2 nitrogen and oxygen atoms in total. The van der Waals surface area contributed by atoms with Gasteiger partial charge in [0.25, 0.3) is 0 Å². The molecule has 0 spiro atoms. The van der Waals surface area contributed by atoms with Crippen LogP contribution in [0.5, 0.6) is 0 Å². The smallest absolute Gasteiger partial charge is 0.0494 e. The molecule has 0 bridgehead atoms. The van der Waals surface area contributed by atoms with Gasteiger partial charge in [0.1, 0.15) is 0 Å². The highest BCUT2D eigenvalue weighted by Crippen LogP contribution is 2.22. The Morgan fingerprint density at radius 2 is 1.75 bits per heavy atom. The van der Waals surface area contributed by atoms with Gasteiger partial charge in [-0.15, -0.1) is 11.3 Å². The molecule has 106 valence electrons. The lowest BCUT2D eigenvalue weighted by molar-refractivity contribution is 0.578. The maximum absolute atomic E-state index is 3.50. The second-order valence-electron chi connectivity index (χ2n) is 5.46. The number of hydrogen-bond donors (Lipinski definition) is 1. The molecule has 2 heterocycles. The SMILES string of the molecule is Cc1ccc(CNc2ccc(N3CCCCC3)cc2)s1. The van der Waals surface area contributed by atoms with Crippen molar-refractivity contribution in [2.45, 2.75) is 32.7 Å². The van der Waals surface area contributed by atoms with Crippen LogP contribution in [0.2, 0.25) is 0 Å². The average Bonchev–Trinajstić information content (AvgIpc) is 2.92. The largest absolute Gasteiger partial charge is 0.380 e. The monoisotopic (exact) mass is 286 g/mol. The third-order valence-corrected chi connectivity index (χ3v) is 4.85. The Hall–Kier alpha value is -1.48. The van der Waals surface area contributed by atoms with Crippen molar-refractivity contribution in [2.75, 3.05) is 23.3 Å². The summed E-state index contributed by atoms with van der Waals surface area (Å²) in [4.78, 5) is 5.26. The molecule has 1 N–H and O–H groups in total. The Morgan fingerprint density at radius 3 is 2.40 bits per heavy atom. The zero-order chi connectivity index (χ0) is 13.8. The second-order valence-corrected chi connectivity index (χ2v) is 6.83. The van der Waals surface area contributed by atoms with Gasteiger partial charge in [0.15, 0.2) is 0 Å². The molecule has 0 atom stereocenters. The first-order chi connectivity index (χ1) is 9.81. The van der Waals surface area contributed by atoms with Gasteiger partial charge in [-0.1, -0.05) is 0 Å². The molecule has 1 aliphatic rings. The fourth-order valence-corrected chi connectivity index (χ4v) is 3.54. The lowest BCUT2D eigenvalue weighted by atomic mass is 10.1. The summed E-state index contributed by atoms with van der Waals surface area (Å²) < 4.78 is 0. The fraction of sp³-hybridized carbons (Fsp3) is 0.412. The van der Waals surface area contributed by atoms with Crippen LogP contribution in [0.3, 0.4) is 0 Å². The molecule has 1 saturated heterocycles. The van der Waals surface area contributed by atoms with Gasteiger partial charge in [0.05, 0.1) is 0 Å². The van der Waals surface area contributed by atoms with Crippen LogP contribution < -0.4 is 10.2 Å². The molecule has 0 radical (unpaired) electrons. The fourth-order valence-electron chi connectivity index (χ4n) is 2.71. The quantitative estimate of drug-likeness (QED) is 0.879. The van der Waals surface area contributed by atoms with Crippen LogP contribution in [0.4, 0.5) is 11.4 Å². The number of rotatable bonds is 4. The van der Waals surface area contributed by atoms with Crippen molar-refractivity contribution in [3.8, 4) is 0 Å². The molecule has 20 heavy (non-hydrogen) atoms. The Bertz CT molecular complexity index is 538. The average molecular weight is 286 g/mol. The first kappa shape index (κ1) is 13.5. The predicted octanol–water partition coefficient (Wildman–Crippen LogP) is 4.66. The van der Waals surface area contributed by atoms with Crippen molar-refractivity contribution < 1.29 is 0 Å². The normalized spacial score (nSPS) is 15.3. The molecule has 1 aliphatic heterocycles. The minimum Gasteiger partial charge on any atom is -0.380 e. The van der Waals surface area contributed by atoms with E-state index in [1.54, 1.807) is 0 Å². The highest BCUT2D eigenvalue weighted by Gasteiger charge is 2.10. The Balaban J connectivity index is 1.58. The Kier molecular flexibility index (Phi) is 4.26. The van der Waals surface area contributed by atoms with Crippen molar-refractivity contribution in [1.29, 1.82) is 0 Å². The number of piperidine rings is 1. The van der Waals surface area contributed by atoms with E-state index < -0.39 is 0 Å². The van der Waals surface area contributed by atoms with Crippen LogP contribution in [0, 0.1) is 6.92 Å². The van der Waals surface area contributed by atoms with Gasteiger partial charge in [-0.2, -0.15) is 0 Å². The number of thiophene rings is 1. The van der Waals surface area contributed by atoms with Gasteiger partial charge in [-0.05, 0) is 62.6 Å². The summed E-state index contributed by atoms with van der Waals surface area (Å²) in [7, 11) is 0. The van der Waals surface area contributed by atoms with Gasteiger partial charge in [0, 0.05) is 40.8 Å². The van der Waals surface area contributed by atoms with E-state index in [9.17, 15) is 0 Å². The molecule has 0 unspecified atom stereocenters. The molecule has 0 amide bonds. The molecular formula is C17H22N2S. The van der Waals surface area contributed by atoms with Crippen molar-refractivity contribution in [3.63, 3.8) is 0 Å². The molecule has 2 aromatic rings. The van der Waals surface area contributed by atoms with E-state index in [-0.39, 0.29) is 0 Å². The zero-order valence-corrected chi connectivity index (χ0v) is 12.9. The van der Waals surface area contributed by atoms with E-state index in [4.69, 9.17) is 0 Å². The van der Waals surface area contributed by atoms with Crippen LogP contribution in [-0.2, 0) is 6.54 Å². The number of aryl methyl sites for hydroxylation is 1. The molecule has 1 aromatic carbocycles. The standard InChI is InChI=1S/C17H22N2S/c1-14-5-10-17(20-14)13-18-15-6-8-16(9-7-15)19-11-3-2-4-12-19/h5-10,18H,2-4,11-13H2,1H3. The number of nitrogens with zero attached hydrogens (tertiary/aromatic N) is 1. The molecule has 0 saturated carbocycles. The highest BCUT2D eigenvalue weighted by molar-refractivity contribution is 7.11. The van der Waals surface area contributed by atoms with E-state index in [1.807, 2.05) is 11.3 Å². The number of benzene rings is 1. The van der Waals surface area contributed by atoms with Crippen molar-refractivity contribution >= 4 is 22.7 Å². The first-order valence-electron chi connectivity index (χ1n) is 7.45. The van der Waals surface area contributed by atoms with Gasteiger partial charge >= 0.3 is 0 Å². The summed E-state index contributed by atoms with van der Waals surface area (Å²) in [6.07, 6.45) is 4.05. The summed E-state index contributed by atoms with van der Waals surface area (Å²) in [5.41, 5.74) is 2.57. The number of hydrogen-bond acceptors (Lipinski definition) is 3. The third-order valence-electron chi connectivity index (χ3n) is 3.85. The Morgan fingerprint density at radius 1 is 1.00 bits per heavy atom. The van der Waals surface area contributed by atoms with Crippen LogP contribution in [-0.4, -0.2) is 13.1 Å². The maximum atomic E-state index is 3.50. The zero-order valence-electron chi connectivity index (χ0n) is 12.1. The first-order valence-corrected chi connectivity index (χ1v) is 8.27. The lowest BCUT2D eigenvalue weighted by Gasteiger charge is -2.28. The molecule has 1 aromatic heterocycles. The Labute approximate surface area is 125 Å². The summed E-state index contributed by atoms with van der Waals surface area (Å²) in [5.74, 6) is 0. The van der Waals surface area contributed by atoms with Gasteiger partial charge in [-0.3, -0.25) is 0 Å². The van der Waals surface area contributed by atoms with Gasteiger partial charge in [0.2, 0.25) is 0 Å². The van der Waals surface area contributed by atoms with Crippen molar-refractivity contribution in [2.24, 2.45) is 0 Å². The molecule has 3 heteroatoms. The van der Waals surface area contributed by atoms with Crippen LogP contribution in [0.25, 0.3) is 0 Å². The summed E-state index contributed by atoms with van der Waals surface area (Å²) in [5, 5.41) is 3.50. The third kappa shape index (κ3) is 3.34. The summed E-state index contributed by atoms with van der Waals surface area (Å²) in [6.45, 7) is 5.49. The van der Waals surface area contributed by atoms with Crippen molar-refractivity contribution in [1.82, 2.24) is 0 Å². The topological polar surface area (TPSA) is 15.3 Å². The highest BCUT2D eigenvalue weighted by atomic mass is 32.1. The van der Waals surface area contributed by atoms with E-state index in [0.29, 0.717) is 0 Å². The number of nitrogens with one attached hydrogen (secondary N) is 1. The van der Waals surface area contributed by atoms with E-state index in [2.05, 4.69) is 53.5 Å². The number of anilines is 2. The molecular weight excluding hydrogens is 264 g/mol. The van der Waals surface area contributed by atoms with Gasteiger partial charge < -0.3 is 10.2 Å². The van der Waals surface area contributed by atoms with E-state index >= 15 is 0 Å².